The Balaban J connectivity index is 1.65. The maximum Gasteiger partial charge on any atom is 0.187 e. The third kappa shape index (κ3) is 3.04. The highest BCUT2D eigenvalue weighted by Crippen LogP contribution is 2.33. The number of hydrogen-bond donors (Lipinski definition) is 0. The summed E-state index contributed by atoms with van der Waals surface area (Å²) in [5.74, 6) is 0.167. The predicted molar refractivity (Wildman–Crippen MR) is 89.1 cm³/mol. The molecule has 7 heteroatoms. The number of nitrogens with zero attached hydrogens (tertiary/aromatic N) is 5. The molecule has 1 aromatic rings. The van der Waals surface area contributed by atoms with Gasteiger partial charge in [-0.15, -0.1) is 0 Å². The molecule has 5 nitrogen and oxygen atoms in total. The lowest BCUT2D eigenvalue weighted by atomic mass is 10.2. The third-order valence-corrected chi connectivity index (χ3v) is 5.24. The van der Waals surface area contributed by atoms with Gasteiger partial charge in [-0.1, -0.05) is 18.7 Å². The standard InChI is InChI=1S/C15H22FN5S/c1-4-11-12(16)13(19-10-18-11)20-5-7-21(8-6-20)14-17-9-15(2,3)22-14/h10H,4-9H2,1-3H3. The number of thioether (sulfide) groups is 1. The van der Waals surface area contributed by atoms with E-state index in [9.17, 15) is 4.39 Å². The molecule has 0 atom stereocenters. The fourth-order valence-corrected chi connectivity index (χ4v) is 3.77. The van der Waals surface area contributed by atoms with Crippen LogP contribution in [0.25, 0.3) is 0 Å². The summed E-state index contributed by atoms with van der Waals surface area (Å²) in [4.78, 5) is 17.1. The molecule has 0 amide bonds. The summed E-state index contributed by atoms with van der Waals surface area (Å²) in [6, 6.07) is 0. The number of anilines is 1. The van der Waals surface area contributed by atoms with Crippen molar-refractivity contribution in [2.24, 2.45) is 4.99 Å². The second-order valence-corrected chi connectivity index (χ2v) is 7.92. The van der Waals surface area contributed by atoms with Gasteiger partial charge >= 0.3 is 0 Å². The molecule has 0 N–H and O–H groups in total. The largest absolute Gasteiger partial charge is 0.351 e. The van der Waals surface area contributed by atoms with Crippen LogP contribution in [0.5, 0.6) is 0 Å². The molecule has 0 aromatic carbocycles. The van der Waals surface area contributed by atoms with E-state index in [0.29, 0.717) is 17.9 Å². The topological polar surface area (TPSA) is 44.6 Å². The van der Waals surface area contributed by atoms with Gasteiger partial charge < -0.3 is 9.80 Å². The smallest absolute Gasteiger partial charge is 0.187 e. The Morgan fingerprint density at radius 3 is 2.45 bits per heavy atom. The molecule has 3 heterocycles. The number of aliphatic imine (C=N–C) groups is 1. The molecular weight excluding hydrogens is 301 g/mol. The summed E-state index contributed by atoms with van der Waals surface area (Å²) in [5, 5.41) is 1.13. The van der Waals surface area contributed by atoms with Crippen LogP contribution < -0.4 is 4.90 Å². The molecule has 0 aliphatic carbocycles. The number of halogens is 1. The number of amidine groups is 1. The maximum absolute atomic E-state index is 14.3. The average Bonchev–Trinajstić information content (AvgIpc) is 2.88. The zero-order chi connectivity index (χ0) is 15.7. The molecule has 22 heavy (non-hydrogen) atoms. The zero-order valence-electron chi connectivity index (χ0n) is 13.3. The van der Waals surface area contributed by atoms with Crippen molar-refractivity contribution < 1.29 is 4.39 Å². The Morgan fingerprint density at radius 1 is 1.18 bits per heavy atom. The van der Waals surface area contributed by atoms with E-state index in [1.807, 2.05) is 23.6 Å². The first-order chi connectivity index (χ1) is 10.5. The normalized spacial score (nSPS) is 21.2. The first-order valence-electron chi connectivity index (χ1n) is 7.73. The molecule has 1 saturated heterocycles. The molecular formula is C15H22FN5S. The number of rotatable bonds is 2. The zero-order valence-corrected chi connectivity index (χ0v) is 14.2. The first-order valence-corrected chi connectivity index (χ1v) is 8.54. The number of aryl methyl sites for hydroxylation is 1. The predicted octanol–water partition coefficient (Wildman–Crippen LogP) is 2.18. The van der Waals surface area contributed by atoms with E-state index < -0.39 is 0 Å². The minimum atomic E-state index is -0.271. The van der Waals surface area contributed by atoms with E-state index in [4.69, 9.17) is 0 Å². The summed E-state index contributed by atoms with van der Waals surface area (Å²) in [5.41, 5.74) is 0.491. The van der Waals surface area contributed by atoms with Gasteiger partial charge in [0, 0.05) is 30.9 Å². The molecule has 0 radical (unpaired) electrons. The lowest BCUT2D eigenvalue weighted by molar-refractivity contribution is 0.387. The molecule has 0 spiro atoms. The third-order valence-electron chi connectivity index (χ3n) is 3.99. The van der Waals surface area contributed by atoms with Crippen LogP contribution in [0.4, 0.5) is 10.2 Å². The van der Waals surface area contributed by atoms with Crippen LogP contribution in [-0.2, 0) is 6.42 Å². The van der Waals surface area contributed by atoms with Crippen molar-refractivity contribution in [3.63, 3.8) is 0 Å². The van der Waals surface area contributed by atoms with Crippen molar-refractivity contribution in [2.75, 3.05) is 37.6 Å². The van der Waals surface area contributed by atoms with Crippen molar-refractivity contribution in [2.45, 2.75) is 31.9 Å². The highest BCUT2D eigenvalue weighted by molar-refractivity contribution is 8.15. The fourth-order valence-electron chi connectivity index (χ4n) is 2.71. The Labute approximate surface area is 135 Å². The monoisotopic (exact) mass is 323 g/mol. The van der Waals surface area contributed by atoms with E-state index in [1.165, 1.54) is 6.33 Å². The fraction of sp³-hybridized carbons (Fsp3) is 0.667. The Bertz CT molecular complexity index is 581. The van der Waals surface area contributed by atoms with Crippen molar-refractivity contribution in [1.29, 1.82) is 0 Å². The van der Waals surface area contributed by atoms with E-state index in [0.717, 1.165) is 37.9 Å². The van der Waals surface area contributed by atoms with E-state index in [-0.39, 0.29) is 10.6 Å². The van der Waals surface area contributed by atoms with Crippen molar-refractivity contribution >= 4 is 22.7 Å². The van der Waals surface area contributed by atoms with Gasteiger partial charge in [0.1, 0.15) is 6.33 Å². The van der Waals surface area contributed by atoms with Crippen LogP contribution in [0.1, 0.15) is 26.5 Å². The van der Waals surface area contributed by atoms with Crippen LogP contribution in [0.15, 0.2) is 11.3 Å². The second-order valence-electron chi connectivity index (χ2n) is 6.25. The molecule has 0 saturated carbocycles. The highest BCUT2D eigenvalue weighted by atomic mass is 32.2. The van der Waals surface area contributed by atoms with E-state index >= 15 is 0 Å². The quantitative estimate of drug-likeness (QED) is 0.835. The molecule has 1 fully saturated rings. The lowest BCUT2D eigenvalue weighted by Crippen LogP contribution is -2.48. The molecule has 1 aromatic heterocycles. The summed E-state index contributed by atoms with van der Waals surface area (Å²) in [6.45, 7) is 10.4. The minimum absolute atomic E-state index is 0.196. The minimum Gasteiger partial charge on any atom is -0.351 e. The van der Waals surface area contributed by atoms with Crippen LogP contribution in [0.2, 0.25) is 0 Å². The molecule has 120 valence electrons. The Hall–Kier alpha value is -1.37. The van der Waals surface area contributed by atoms with Gasteiger partial charge in [0.15, 0.2) is 16.8 Å². The molecule has 2 aliphatic heterocycles. The first kappa shape index (κ1) is 15.5. The van der Waals surface area contributed by atoms with Crippen LogP contribution >= 0.6 is 11.8 Å². The van der Waals surface area contributed by atoms with Crippen LogP contribution in [0, 0.1) is 5.82 Å². The maximum atomic E-state index is 14.3. The molecule has 3 rings (SSSR count). The van der Waals surface area contributed by atoms with Crippen molar-refractivity contribution in [1.82, 2.24) is 14.9 Å². The van der Waals surface area contributed by atoms with Gasteiger partial charge in [0.2, 0.25) is 0 Å². The van der Waals surface area contributed by atoms with Gasteiger partial charge in [-0.05, 0) is 20.3 Å². The average molecular weight is 323 g/mol. The van der Waals surface area contributed by atoms with E-state index in [1.54, 1.807) is 0 Å². The number of piperazine rings is 1. The Morgan fingerprint density at radius 2 is 1.86 bits per heavy atom. The Kier molecular flexibility index (Phi) is 4.25. The molecule has 0 unspecified atom stereocenters. The SMILES string of the molecule is CCc1ncnc(N2CCN(C3=NCC(C)(C)S3)CC2)c1F. The van der Waals surface area contributed by atoms with Crippen molar-refractivity contribution in [3.05, 3.63) is 17.8 Å². The van der Waals surface area contributed by atoms with Gasteiger partial charge in [-0.3, -0.25) is 4.99 Å². The van der Waals surface area contributed by atoms with Gasteiger partial charge in [0.25, 0.3) is 0 Å². The highest BCUT2D eigenvalue weighted by Gasteiger charge is 2.32. The lowest BCUT2D eigenvalue weighted by Gasteiger charge is -2.36. The van der Waals surface area contributed by atoms with Gasteiger partial charge in [-0.2, -0.15) is 0 Å². The summed E-state index contributed by atoms with van der Waals surface area (Å²) in [7, 11) is 0. The van der Waals surface area contributed by atoms with Crippen LogP contribution in [0.3, 0.4) is 0 Å². The van der Waals surface area contributed by atoms with Crippen molar-refractivity contribution in [3.8, 4) is 0 Å². The summed E-state index contributed by atoms with van der Waals surface area (Å²) < 4.78 is 14.5. The second kappa shape index (κ2) is 6.02. The van der Waals surface area contributed by atoms with Gasteiger partial charge in [-0.25, -0.2) is 14.4 Å². The number of aromatic nitrogens is 2. The van der Waals surface area contributed by atoms with Gasteiger partial charge in [0.05, 0.1) is 12.2 Å². The summed E-state index contributed by atoms with van der Waals surface area (Å²) in [6.07, 6.45) is 2.05. The van der Waals surface area contributed by atoms with Crippen LogP contribution in [-0.4, -0.2) is 57.5 Å². The number of hydrogen-bond acceptors (Lipinski definition) is 6. The summed E-state index contributed by atoms with van der Waals surface area (Å²) >= 11 is 1.84. The molecule has 2 aliphatic rings. The molecule has 0 bridgehead atoms. The van der Waals surface area contributed by atoms with E-state index in [2.05, 4.69) is 33.7 Å².